The molecule has 4 nitrogen and oxygen atoms in total. The fourth-order valence-electron chi connectivity index (χ4n) is 12.4. The van der Waals surface area contributed by atoms with Crippen LogP contribution < -0.4 is 9.80 Å². The zero-order valence-electron chi connectivity index (χ0n) is 45.3. The molecule has 0 unspecified atom stereocenters. The first-order valence-electron chi connectivity index (χ1n) is 27.7. The van der Waals surface area contributed by atoms with E-state index in [1.165, 1.54) is 99.2 Å². The molecule has 0 radical (unpaired) electrons. The van der Waals surface area contributed by atoms with Gasteiger partial charge in [-0.1, -0.05) is 170 Å². The molecule has 0 amide bonds. The number of para-hydroxylation sites is 2. The lowest BCUT2D eigenvalue weighted by atomic mass is 9.96. The van der Waals surface area contributed by atoms with Crippen molar-refractivity contribution in [1.29, 1.82) is 0 Å². The Kier molecular flexibility index (Phi) is 12.1. The van der Waals surface area contributed by atoms with Crippen LogP contribution in [0, 0.1) is 27.7 Å². The van der Waals surface area contributed by atoms with Gasteiger partial charge in [0.1, 0.15) is 0 Å². The smallest absolute Gasteiger partial charge is 0.0540 e. The van der Waals surface area contributed by atoms with Crippen LogP contribution in [0.2, 0.25) is 0 Å². The third-order valence-electron chi connectivity index (χ3n) is 16.6. The largest absolute Gasteiger partial charge is 0.314 e. The van der Waals surface area contributed by atoms with Gasteiger partial charge in [-0.15, -0.1) is 0 Å². The van der Waals surface area contributed by atoms with Gasteiger partial charge in [-0.3, -0.25) is 0 Å². The minimum absolute atomic E-state index is 1.10. The van der Waals surface area contributed by atoms with Crippen molar-refractivity contribution in [1.82, 2.24) is 9.13 Å². The average Bonchev–Trinajstić information content (AvgIpc) is 4.14. The second kappa shape index (κ2) is 20.0. The molecule has 80 heavy (non-hydrogen) atoms. The number of fused-ring (bicyclic) bond motifs is 4. The summed E-state index contributed by atoms with van der Waals surface area (Å²) < 4.78 is 4.83. The van der Waals surface area contributed by atoms with Crippen LogP contribution in [0.1, 0.15) is 22.5 Å². The third-order valence-corrected chi connectivity index (χ3v) is 16.6. The van der Waals surface area contributed by atoms with Crippen molar-refractivity contribution in [3.05, 3.63) is 302 Å². The number of anilines is 6. The summed E-state index contributed by atoms with van der Waals surface area (Å²) >= 11 is 0. The lowest BCUT2D eigenvalue weighted by Crippen LogP contribution is -2.11. The molecule has 0 spiro atoms. The van der Waals surface area contributed by atoms with E-state index in [9.17, 15) is 0 Å². The standard InChI is InChI=1S/C76H58N4/c1-51-53(3)77(61-35-39-63(40-36-61)79(59-25-13-7-14-26-59)73-47-43-65(55-21-9-5-10-22-55)67-29-17-19-31-69(67)73)75-45-33-57(49-71(51)75)58-34-46-76-72(50-58)52(2)54(4)78(76)62-37-41-64(42-38-62)80(60-27-15-8-16-28-60)74-48-44-66(56-23-11-6-12-24-56)68-30-18-20-32-70(68)74/h5-50H,1-4H3. The number of benzene rings is 12. The van der Waals surface area contributed by atoms with Crippen molar-refractivity contribution in [2.75, 3.05) is 9.80 Å². The average molecular weight is 1030 g/mol. The lowest BCUT2D eigenvalue weighted by molar-refractivity contribution is 1.04. The van der Waals surface area contributed by atoms with Crippen molar-refractivity contribution in [3.63, 3.8) is 0 Å². The lowest BCUT2D eigenvalue weighted by Gasteiger charge is -2.27. The maximum absolute atomic E-state index is 2.42. The van der Waals surface area contributed by atoms with Gasteiger partial charge in [0.25, 0.3) is 0 Å². The summed E-state index contributed by atoms with van der Waals surface area (Å²) in [5.41, 5.74) is 23.7. The third kappa shape index (κ3) is 8.24. The quantitative estimate of drug-likeness (QED) is 0.128. The zero-order chi connectivity index (χ0) is 53.8. The molecule has 0 bridgehead atoms. The van der Waals surface area contributed by atoms with Crippen molar-refractivity contribution < 1.29 is 0 Å². The highest BCUT2D eigenvalue weighted by atomic mass is 15.2. The Morgan fingerprint density at radius 1 is 0.250 bits per heavy atom. The summed E-state index contributed by atoms with van der Waals surface area (Å²) in [7, 11) is 0. The molecule has 0 atom stereocenters. The molecule has 2 aromatic heterocycles. The van der Waals surface area contributed by atoms with Gasteiger partial charge in [0.2, 0.25) is 0 Å². The molecule has 0 aliphatic rings. The summed E-state index contributed by atoms with van der Waals surface area (Å²) in [5, 5.41) is 7.38. The van der Waals surface area contributed by atoms with Gasteiger partial charge in [-0.25, -0.2) is 0 Å². The Morgan fingerprint density at radius 2 is 0.575 bits per heavy atom. The van der Waals surface area contributed by atoms with Crippen molar-refractivity contribution >= 4 is 77.5 Å². The molecule has 0 saturated heterocycles. The maximum atomic E-state index is 2.42. The Labute approximate surface area is 467 Å². The summed E-state index contributed by atoms with van der Waals surface area (Å²) in [6.07, 6.45) is 0. The van der Waals surface area contributed by atoms with E-state index in [1.54, 1.807) is 0 Å². The molecule has 0 aliphatic carbocycles. The van der Waals surface area contributed by atoms with Crippen LogP contribution >= 0.6 is 0 Å². The molecular weight excluding hydrogens is 969 g/mol. The topological polar surface area (TPSA) is 16.3 Å². The van der Waals surface area contributed by atoms with E-state index in [1.807, 2.05) is 0 Å². The number of aryl methyl sites for hydroxylation is 2. The Morgan fingerprint density at radius 3 is 0.950 bits per heavy atom. The monoisotopic (exact) mass is 1030 g/mol. The van der Waals surface area contributed by atoms with Crippen LogP contribution in [0.25, 0.3) is 88.1 Å². The highest BCUT2D eigenvalue weighted by Crippen LogP contribution is 2.45. The predicted octanol–water partition coefficient (Wildman–Crippen LogP) is 21.1. The second-order valence-corrected chi connectivity index (χ2v) is 21.0. The van der Waals surface area contributed by atoms with Crippen LogP contribution in [-0.4, -0.2) is 9.13 Å². The molecule has 4 heteroatoms. The van der Waals surface area contributed by atoms with Gasteiger partial charge in [-0.05, 0) is 192 Å². The Hall–Kier alpha value is -10.2. The van der Waals surface area contributed by atoms with Crippen LogP contribution in [0.4, 0.5) is 34.1 Å². The molecule has 0 saturated carbocycles. The SMILES string of the molecule is Cc1c(C)n(-c2ccc(N(c3ccccc3)c3ccc(-c4ccccc4)c4ccccc34)cc2)c2ccc(-c3ccc4c(c3)c(C)c(C)n4-c3ccc(N(c4ccccc4)c4ccc(-c5ccccc5)c5ccccc45)cc3)cc12. The highest BCUT2D eigenvalue weighted by molar-refractivity contribution is 6.08. The van der Waals surface area contributed by atoms with Crippen molar-refractivity contribution in [2.24, 2.45) is 0 Å². The summed E-state index contributed by atoms with van der Waals surface area (Å²) in [6.45, 7) is 9.02. The fourth-order valence-corrected chi connectivity index (χ4v) is 12.4. The van der Waals surface area contributed by atoms with E-state index in [4.69, 9.17) is 0 Å². The maximum Gasteiger partial charge on any atom is 0.0540 e. The van der Waals surface area contributed by atoms with Crippen LogP contribution in [0.5, 0.6) is 0 Å². The predicted molar refractivity (Wildman–Crippen MR) is 340 cm³/mol. The van der Waals surface area contributed by atoms with Crippen LogP contribution in [0.3, 0.4) is 0 Å². The van der Waals surface area contributed by atoms with Crippen LogP contribution in [0.15, 0.2) is 279 Å². The minimum atomic E-state index is 1.10. The minimum Gasteiger partial charge on any atom is -0.314 e. The second-order valence-electron chi connectivity index (χ2n) is 21.0. The molecular formula is C76H58N4. The van der Waals surface area contributed by atoms with Crippen LogP contribution in [-0.2, 0) is 0 Å². The number of nitrogens with zero attached hydrogens (tertiary/aromatic N) is 4. The number of rotatable bonds is 11. The molecule has 0 N–H and O–H groups in total. The first-order chi connectivity index (χ1) is 39.4. The van der Waals surface area contributed by atoms with E-state index in [2.05, 4.69) is 326 Å². The van der Waals surface area contributed by atoms with Gasteiger partial charge in [0, 0.05) is 67.1 Å². The zero-order valence-corrected chi connectivity index (χ0v) is 45.3. The van der Waals surface area contributed by atoms with Gasteiger partial charge < -0.3 is 18.9 Å². The molecule has 0 fully saturated rings. The first kappa shape index (κ1) is 48.2. The number of hydrogen-bond acceptors (Lipinski definition) is 2. The summed E-state index contributed by atoms with van der Waals surface area (Å²) in [4.78, 5) is 4.77. The van der Waals surface area contributed by atoms with Gasteiger partial charge in [0.05, 0.1) is 22.4 Å². The van der Waals surface area contributed by atoms with E-state index in [0.717, 1.165) is 45.5 Å². The molecule has 12 aromatic carbocycles. The van der Waals surface area contributed by atoms with Gasteiger partial charge in [-0.2, -0.15) is 0 Å². The summed E-state index contributed by atoms with van der Waals surface area (Å²) in [5.74, 6) is 0. The molecule has 0 aliphatic heterocycles. The Bertz CT molecular complexity index is 4300. The van der Waals surface area contributed by atoms with E-state index >= 15 is 0 Å². The van der Waals surface area contributed by atoms with E-state index in [0.29, 0.717) is 0 Å². The first-order valence-corrected chi connectivity index (χ1v) is 27.7. The number of aromatic nitrogens is 2. The number of hydrogen-bond donors (Lipinski definition) is 0. The van der Waals surface area contributed by atoms with Gasteiger partial charge in [0.15, 0.2) is 0 Å². The normalized spacial score (nSPS) is 11.5. The fraction of sp³-hybridized carbons (Fsp3) is 0.0526. The van der Waals surface area contributed by atoms with E-state index < -0.39 is 0 Å². The Balaban J connectivity index is 0.781. The molecule has 14 rings (SSSR count). The highest BCUT2D eigenvalue weighted by Gasteiger charge is 2.22. The van der Waals surface area contributed by atoms with E-state index in [-0.39, 0.29) is 0 Å². The van der Waals surface area contributed by atoms with Crippen molar-refractivity contribution in [3.8, 4) is 44.8 Å². The molecule has 2 heterocycles. The summed E-state index contributed by atoms with van der Waals surface area (Å²) in [6, 6.07) is 102. The van der Waals surface area contributed by atoms with Gasteiger partial charge >= 0.3 is 0 Å². The molecule has 14 aromatic rings. The van der Waals surface area contributed by atoms with Crippen molar-refractivity contribution in [2.45, 2.75) is 27.7 Å². The molecule has 382 valence electrons.